The van der Waals surface area contributed by atoms with Gasteiger partial charge in [0.25, 0.3) is 0 Å². The van der Waals surface area contributed by atoms with Gasteiger partial charge >= 0.3 is 0 Å². The van der Waals surface area contributed by atoms with Crippen molar-refractivity contribution in [2.45, 2.75) is 6.42 Å². The van der Waals surface area contributed by atoms with Gasteiger partial charge in [0.2, 0.25) is 0 Å². The average molecular weight is 351 g/mol. The lowest BCUT2D eigenvalue weighted by Gasteiger charge is -2.12. The van der Waals surface area contributed by atoms with Gasteiger partial charge in [0, 0.05) is 17.3 Å². The first-order valence-corrected chi connectivity index (χ1v) is 7.92. The highest BCUT2D eigenvalue weighted by atomic mass is 35.5. The second kappa shape index (κ2) is 8.60. The van der Waals surface area contributed by atoms with E-state index in [0.29, 0.717) is 10.1 Å². The summed E-state index contributed by atoms with van der Waals surface area (Å²) < 4.78 is 10.5. The van der Waals surface area contributed by atoms with Gasteiger partial charge in [-0.05, 0) is 60.6 Å². The molecule has 0 amide bonds. The Kier molecular flexibility index (Phi) is 6.50. The molecule has 2 rings (SSSR count). The number of halogens is 1. The fourth-order valence-electron chi connectivity index (χ4n) is 2.07. The van der Waals surface area contributed by atoms with Gasteiger partial charge in [0.15, 0.2) is 16.6 Å². The van der Waals surface area contributed by atoms with Crippen molar-refractivity contribution in [3.8, 4) is 11.5 Å². The van der Waals surface area contributed by atoms with Crippen molar-refractivity contribution < 1.29 is 9.47 Å². The Bertz CT molecular complexity index is 662. The molecular formula is C17H19ClN2O2S. The third kappa shape index (κ3) is 5.30. The zero-order chi connectivity index (χ0) is 16.7. The molecule has 6 heteroatoms. The summed E-state index contributed by atoms with van der Waals surface area (Å²) in [5.74, 6) is 1.45. The minimum Gasteiger partial charge on any atom is -0.493 e. The van der Waals surface area contributed by atoms with Crippen LogP contribution in [-0.2, 0) is 6.42 Å². The van der Waals surface area contributed by atoms with Gasteiger partial charge in [-0.15, -0.1) is 0 Å². The number of hydrogen-bond donors (Lipinski definition) is 2. The van der Waals surface area contributed by atoms with Crippen LogP contribution in [0.5, 0.6) is 11.5 Å². The van der Waals surface area contributed by atoms with Gasteiger partial charge < -0.3 is 20.1 Å². The second-order valence-corrected chi connectivity index (χ2v) is 5.67. The van der Waals surface area contributed by atoms with E-state index in [2.05, 4.69) is 10.6 Å². The standard InChI is InChI=1S/C17H19ClN2O2S/c1-21-15-8-3-12(11-16(15)22-2)9-10-19-17(23)20-14-6-4-13(18)5-7-14/h3-8,11H,9-10H2,1-2H3,(H2,19,20,23). The molecule has 4 nitrogen and oxygen atoms in total. The molecule has 0 aliphatic heterocycles. The molecule has 0 fully saturated rings. The Labute approximate surface area is 146 Å². The van der Waals surface area contributed by atoms with E-state index in [4.69, 9.17) is 33.3 Å². The third-order valence-corrected chi connectivity index (χ3v) is 3.75. The smallest absolute Gasteiger partial charge is 0.170 e. The Balaban J connectivity index is 1.82. The summed E-state index contributed by atoms with van der Waals surface area (Å²) in [6, 6.07) is 13.3. The molecule has 122 valence electrons. The predicted octanol–water partition coefficient (Wildman–Crippen LogP) is 3.89. The van der Waals surface area contributed by atoms with Crippen LogP contribution in [0.2, 0.25) is 5.02 Å². The number of methoxy groups -OCH3 is 2. The van der Waals surface area contributed by atoms with Crippen LogP contribution in [0, 0.1) is 0 Å². The Hall–Kier alpha value is -1.98. The summed E-state index contributed by atoms with van der Waals surface area (Å²) in [4.78, 5) is 0. The molecule has 0 aromatic heterocycles. The summed E-state index contributed by atoms with van der Waals surface area (Å²) in [7, 11) is 3.25. The first-order chi connectivity index (χ1) is 11.1. The molecule has 2 aromatic rings. The van der Waals surface area contributed by atoms with Crippen LogP contribution >= 0.6 is 23.8 Å². The molecule has 0 spiro atoms. The van der Waals surface area contributed by atoms with E-state index in [9.17, 15) is 0 Å². The maximum Gasteiger partial charge on any atom is 0.170 e. The van der Waals surface area contributed by atoms with E-state index < -0.39 is 0 Å². The fraction of sp³-hybridized carbons (Fsp3) is 0.235. The highest BCUT2D eigenvalue weighted by molar-refractivity contribution is 7.80. The van der Waals surface area contributed by atoms with Crippen LogP contribution in [0.1, 0.15) is 5.56 Å². The lowest BCUT2D eigenvalue weighted by atomic mass is 10.1. The summed E-state index contributed by atoms with van der Waals surface area (Å²) in [5, 5.41) is 7.56. The van der Waals surface area contributed by atoms with Crippen molar-refractivity contribution in [2.75, 3.05) is 26.1 Å². The molecule has 2 aromatic carbocycles. The zero-order valence-corrected chi connectivity index (χ0v) is 14.6. The van der Waals surface area contributed by atoms with E-state index in [1.165, 1.54) is 0 Å². The number of anilines is 1. The highest BCUT2D eigenvalue weighted by Gasteiger charge is 2.04. The molecule has 23 heavy (non-hydrogen) atoms. The number of nitrogens with one attached hydrogen (secondary N) is 2. The normalized spacial score (nSPS) is 10.0. The van der Waals surface area contributed by atoms with Gasteiger partial charge in [0.05, 0.1) is 14.2 Å². The molecular weight excluding hydrogens is 332 g/mol. The molecule has 0 heterocycles. The van der Waals surface area contributed by atoms with Gasteiger partial charge in [-0.2, -0.15) is 0 Å². The average Bonchev–Trinajstić information content (AvgIpc) is 2.56. The fourth-order valence-corrected chi connectivity index (χ4v) is 2.41. The van der Waals surface area contributed by atoms with Crippen LogP contribution in [0.25, 0.3) is 0 Å². The van der Waals surface area contributed by atoms with Crippen LogP contribution in [0.3, 0.4) is 0 Å². The minimum absolute atomic E-state index is 0.577. The van der Waals surface area contributed by atoms with Gasteiger partial charge in [-0.1, -0.05) is 17.7 Å². The Morgan fingerprint density at radius 2 is 1.74 bits per heavy atom. The van der Waals surface area contributed by atoms with E-state index >= 15 is 0 Å². The molecule has 0 saturated heterocycles. The van der Waals surface area contributed by atoms with Gasteiger partial charge in [-0.25, -0.2) is 0 Å². The van der Waals surface area contributed by atoms with Crippen LogP contribution in [-0.4, -0.2) is 25.9 Å². The molecule has 2 N–H and O–H groups in total. The molecule has 0 unspecified atom stereocenters. The Morgan fingerprint density at radius 1 is 1.04 bits per heavy atom. The quantitative estimate of drug-likeness (QED) is 0.774. The maximum absolute atomic E-state index is 5.85. The van der Waals surface area contributed by atoms with Crippen LogP contribution < -0.4 is 20.1 Å². The minimum atomic E-state index is 0.577. The Morgan fingerprint density at radius 3 is 2.39 bits per heavy atom. The number of ether oxygens (including phenoxy) is 2. The summed E-state index contributed by atoms with van der Waals surface area (Å²) in [6.07, 6.45) is 0.822. The molecule has 0 aliphatic carbocycles. The molecule has 0 bridgehead atoms. The van der Waals surface area contributed by atoms with Gasteiger partial charge in [0.1, 0.15) is 0 Å². The molecule has 0 saturated carbocycles. The first-order valence-electron chi connectivity index (χ1n) is 7.13. The van der Waals surface area contributed by atoms with E-state index in [1.807, 2.05) is 42.5 Å². The van der Waals surface area contributed by atoms with E-state index in [1.54, 1.807) is 14.2 Å². The van der Waals surface area contributed by atoms with Crippen molar-refractivity contribution in [3.05, 3.63) is 53.1 Å². The van der Waals surface area contributed by atoms with Crippen LogP contribution in [0.15, 0.2) is 42.5 Å². The maximum atomic E-state index is 5.85. The first kappa shape index (κ1) is 17.4. The largest absolute Gasteiger partial charge is 0.493 e. The van der Waals surface area contributed by atoms with E-state index in [0.717, 1.165) is 35.7 Å². The predicted molar refractivity (Wildman–Crippen MR) is 98.9 cm³/mol. The second-order valence-electron chi connectivity index (χ2n) is 4.83. The topological polar surface area (TPSA) is 42.5 Å². The third-order valence-electron chi connectivity index (χ3n) is 3.25. The summed E-state index contributed by atoms with van der Waals surface area (Å²) in [6.45, 7) is 0.717. The summed E-state index contributed by atoms with van der Waals surface area (Å²) in [5.41, 5.74) is 2.04. The molecule has 0 radical (unpaired) electrons. The van der Waals surface area contributed by atoms with E-state index in [-0.39, 0.29) is 0 Å². The molecule has 0 aliphatic rings. The summed E-state index contributed by atoms with van der Waals surface area (Å²) >= 11 is 11.1. The molecule has 0 atom stereocenters. The van der Waals surface area contributed by atoms with Crippen molar-refractivity contribution in [3.63, 3.8) is 0 Å². The number of rotatable bonds is 6. The van der Waals surface area contributed by atoms with Crippen LogP contribution in [0.4, 0.5) is 5.69 Å². The number of hydrogen-bond acceptors (Lipinski definition) is 3. The highest BCUT2D eigenvalue weighted by Crippen LogP contribution is 2.27. The lowest BCUT2D eigenvalue weighted by Crippen LogP contribution is -2.30. The lowest BCUT2D eigenvalue weighted by molar-refractivity contribution is 0.354. The van der Waals surface area contributed by atoms with Crippen molar-refractivity contribution in [2.24, 2.45) is 0 Å². The number of thiocarbonyl (C=S) groups is 1. The monoisotopic (exact) mass is 350 g/mol. The number of benzene rings is 2. The van der Waals surface area contributed by atoms with Crippen molar-refractivity contribution in [1.29, 1.82) is 0 Å². The zero-order valence-electron chi connectivity index (χ0n) is 13.1. The van der Waals surface area contributed by atoms with Crippen molar-refractivity contribution >= 4 is 34.6 Å². The SMILES string of the molecule is COc1ccc(CCNC(=S)Nc2ccc(Cl)cc2)cc1OC. The van der Waals surface area contributed by atoms with Crippen molar-refractivity contribution in [1.82, 2.24) is 5.32 Å². The van der Waals surface area contributed by atoms with Gasteiger partial charge in [-0.3, -0.25) is 0 Å².